The van der Waals surface area contributed by atoms with E-state index in [4.69, 9.17) is 0 Å². The van der Waals surface area contributed by atoms with E-state index < -0.39 is 0 Å². The van der Waals surface area contributed by atoms with Gasteiger partial charge in [0, 0.05) is 30.8 Å². The number of carbonyl (C=O) groups excluding carboxylic acids is 1. The number of piperidine rings is 1. The van der Waals surface area contributed by atoms with Gasteiger partial charge in [-0.1, -0.05) is 37.3 Å². The van der Waals surface area contributed by atoms with Crippen LogP contribution in [-0.4, -0.2) is 39.9 Å². The number of nitrogens with one attached hydrogen (secondary N) is 1. The topological polar surface area (TPSA) is 58.1 Å². The minimum absolute atomic E-state index is 0.0188. The molecule has 0 radical (unpaired) electrons. The fraction of sp³-hybridized carbons (Fsp3) is 0.450. The van der Waals surface area contributed by atoms with Gasteiger partial charge in [-0.15, -0.1) is 0 Å². The highest BCUT2D eigenvalue weighted by atomic mass is 16.2. The SMILES string of the molecule is CC1CCN(C(=O)c2cc(NC3CC3)nc(-c3ccccc3)n2)CC1. The summed E-state index contributed by atoms with van der Waals surface area (Å²) in [5.74, 6) is 2.08. The van der Waals surface area contributed by atoms with Crippen molar-refractivity contribution in [2.45, 2.75) is 38.6 Å². The van der Waals surface area contributed by atoms with Gasteiger partial charge >= 0.3 is 0 Å². The molecular formula is C20H24N4O. The second-order valence-corrected chi connectivity index (χ2v) is 7.22. The molecule has 4 rings (SSSR count). The van der Waals surface area contributed by atoms with Crippen LogP contribution in [0.4, 0.5) is 5.82 Å². The molecule has 25 heavy (non-hydrogen) atoms. The number of aromatic nitrogens is 2. The Hall–Kier alpha value is -2.43. The molecule has 1 aromatic carbocycles. The van der Waals surface area contributed by atoms with Gasteiger partial charge in [-0.3, -0.25) is 4.79 Å². The number of hydrogen-bond acceptors (Lipinski definition) is 4. The number of benzene rings is 1. The lowest BCUT2D eigenvalue weighted by atomic mass is 9.99. The van der Waals surface area contributed by atoms with Crippen LogP contribution < -0.4 is 5.32 Å². The molecule has 1 amide bonds. The van der Waals surface area contributed by atoms with E-state index in [2.05, 4.69) is 22.2 Å². The molecule has 2 aromatic rings. The summed E-state index contributed by atoms with van der Waals surface area (Å²) in [7, 11) is 0. The zero-order chi connectivity index (χ0) is 17.2. The second kappa shape index (κ2) is 6.82. The molecule has 0 atom stereocenters. The van der Waals surface area contributed by atoms with Gasteiger partial charge in [0.1, 0.15) is 11.5 Å². The number of nitrogens with zero attached hydrogens (tertiary/aromatic N) is 3. The fourth-order valence-electron chi connectivity index (χ4n) is 3.16. The Morgan fingerprint density at radius 1 is 1.08 bits per heavy atom. The number of rotatable bonds is 4. The smallest absolute Gasteiger partial charge is 0.272 e. The molecule has 1 aromatic heterocycles. The first-order valence-corrected chi connectivity index (χ1v) is 9.19. The van der Waals surface area contributed by atoms with Crippen LogP contribution in [0.5, 0.6) is 0 Å². The van der Waals surface area contributed by atoms with Gasteiger partial charge in [-0.25, -0.2) is 9.97 Å². The molecule has 2 heterocycles. The average molecular weight is 336 g/mol. The summed E-state index contributed by atoms with van der Waals surface area (Å²) >= 11 is 0. The first-order chi connectivity index (χ1) is 12.2. The highest BCUT2D eigenvalue weighted by molar-refractivity contribution is 5.93. The van der Waals surface area contributed by atoms with Gasteiger partial charge < -0.3 is 10.2 Å². The predicted octanol–water partition coefficient (Wildman–Crippen LogP) is 3.59. The summed E-state index contributed by atoms with van der Waals surface area (Å²) in [5.41, 5.74) is 1.43. The highest BCUT2D eigenvalue weighted by Crippen LogP contribution is 2.26. The van der Waals surface area contributed by atoms with Gasteiger partial charge in [-0.2, -0.15) is 0 Å². The largest absolute Gasteiger partial charge is 0.367 e. The van der Waals surface area contributed by atoms with Crippen molar-refractivity contribution in [2.24, 2.45) is 5.92 Å². The fourth-order valence-corrected chi connectivity index (χ4v) is 3.16. The summed E-state index contributed by atoms with van der Waals surface area (Å²) in [6.07, 6.45) is 4.46. The van der Waals surface area contributed by atoms with Crippen LogP contribution in [0.2, 0.25) is 0 Å². The normalized spacial score (nSPS) is 18.2. The summed E-state index contributed by atoms with van der Waals surface area (Å²) in [6, 6.07) is 12.2. The predicted molar refractivity (Wildman–Crippen MR) is 98.4 cm³/mol. The lowest BCUT2D eigenvalue weighted by molar-refractivity contribution is 0.0691. The third-order valence-electron chi connectivity index (χ3n) is 4.98. The Kier molecular flexibility index (Phi) is 4.38. The van der Waals surface area contributed by atoms with E-state index in [-0.39, 0.29) is 5.91 Å². The highest BCUT2D eigenvalue weighted by Gasteiger charge is 2.25. The van der Waals surface area contributed by atoms with Crippen LogP contribution in [-0.2, 0) is 0 Å². The summed E-state index contributed by atoms with van der Waals surface area (Å²) < 4.78 is 0. The molecular weight excluding hydrogens is 312 g/mol. The maximum absolute atomic E-state index is 13.0. The molecule has 1 saturated heterocycles. The standard InChI is InChI=1S/C20H24N4O/c1-14-9-11-24(12-10-14)20(25)17-13-18(21-16-7-8-16)23-19(22-17)15-5-3-2-4-6-15/h2-6,13-14,16H,7-12H2,1H3,(H,21,22,23). The zero-order valence-corrected chi connectivity index (χ0v) is 14.6. The molecule has 0 unspecified atom stereocenters. The Labute approximate surface area is 148 Å². The molecule has 0 spiro atoms. The Bertz CT molecular complexity index is 750. The van der Waals surface area contributed by atoms with Crippen LogP contribution in [0, 0.1) is 5.92 Å². The Morgan fingerprint density at radius 3 is 2.48 bits per heavy atom. The van der Waals surface area contributed by atoms with Crippen molar-refractivity contribution < 1.29 is 4.79 Å². The molecule has 0 bridgehead atoms. The van der Waals surface area contributed by atoms with Crippen molar-refractivity contribution in [3.8, 4) is 11.4 Å². The van der Waals surface area contributed by atoms with Crippen LogP contribution in [0.15, 0.2) is 36.4 Å². The third kappa shape index (κ3) is 3.81. The maximum Gasteiger partial charge on any atom is 0.272 e. The molecule has 5 nitrogen and oxygen atoms in total. The van der Waals surface area contributed by atoms with Crippen molar-refractivity contribution in [3.05, 3.63) is 42.1 Å². The molecule has 1 N–H and O–H groups in total. The number of anilines is 1. The molecule has 5 heteroatoms. The minimum Gasteiger partial charge on any atom is -0.367 e. The van der Waals surface area contributed by atoms with Gasteiger partial charge in [0.05, 0.1) is 0 Å². The van der Waals surface area contributed by atoms with E-state index >= 15 is 0 Å². The van der Waals surface area contributed by atoms with Crippen molar-refractivity contribution >= 4 is 11.7 Å². The van der Waals surface area contributed by atoms with Crippen LogP contribution in [0.3, 0.4) is 0 Å². The molecule has 1 aliphatic carbocycles. The molecule has 130 valence electrons. The van der Waals surface area contributed by atoms with E-state index in [9.17, 15) is 4.79 Å². The van der Waals surface area contributed by atoms with Crippen molar-refractivity contribution in [2.75, 3.05) is 18.4 Å². The Balaban J connectivity index is 1.64. The van der Waals surface area contributed by atoms with E-state index in [0.717, 1.165) is 50.2 Å². The van der Waals surface area contributed by atoms with Gasteiger partial charge in [0.25, 0.3) is 5.91 Å². The van der Waals surface area contributed by atoms with Gasteiger partial charge in [0.2, 0.25) is 0 Å². The molecule has 2 aliphatic rings. The maximum atomic E-state index is 13.0. The number of likely N-dealkylation sites (tertiary alicyclic amines) is 1. The van der Waals surface area contributed by atoms with Crippen molar-refractivity contribution in [1.82, 2.24) is 14.9 Å². The zero-order valence-electron chi connectivity index (χ0n) is 14.6. The van der Waals surface area contributed by atoms with Crippen LogP contribution >= 0.6 is 0 Å². The van der Waals surface area contributed by atoms with Crippen molar-refractivity contribution in [1.29, 1.82) is 0 Å². The number of carbonyl (C=O) groups is 1. The van der Waals surface area contributed by atoms with E-state index in [1.54, 1.807) is 0 Å². The van der Waals surface area contributed by atoms with E-state index in [1.807, 2.05) is 41.3 Å². The minimum atomic E-state index is 0.0188. The summed E-state index contributed by atoms with van der Waals surface area (Å²) in [5, 5.41) is 3.41. The summed E-state index contributed by atoms with van der Waals surface area (Å²) in [6.45, 7) is 3.88. The van der Waals surface area contributed by atoms with Crippen LogP contribution in [0.1, 0.15) is 43.1 Å². The Morgan fingerprint density at radius 2 is 1.80 bits per heavy atom. The molecule has 1 aliphatic heterocycles. The monoisotopic (exact) mass is 336 g/mol. The van der Waals surface area contributed by atoms with Crippen molar-refractivity contribution in [3.63, 3.8) is 0 Å². The lowest BCUT2D eigenvalue weighted by Gasteiger charge is -2.30. The molecule has 2 fully saturated rings. The first kappa shape index (κ1) is 16.1. The van der Waals surface area contributed by atoms with Gasteiger partial charge in [-0.05, 0) is 31.6 Å². The lowest BCUT2D eigenvalue weighted by Crippen LogP contribution is -2.38. The second-order valence-electron chi connectivity index (χ2n) is 7.22. The number of amides is 1. The van der Waals surface area contributed by atoms with E-state index in [1.165, 1.54) is 0 Å². The first-order valence-electron chi connectivity index (χ1n) is 9.19. The van der Waals surface area contributed by atoms with Gasteiger partial charge in [0.15, 0.2) is 5.82 Å². The third-order valence-corrected chi connectivity index (χ3v) is 4.98. The average Bonchev–Trinajstić information content (AvgIpc) is 3.46. The summed E-state index contributed by atoms with van der Waals surface area (Å²) in [4.78, 5) is 24.1. The molecule has 1 saturated carbocycles. The number of hydrogen-bond donors (Lipinski definition) is 1. The van der Waals surface area contributed by atoms with E-state index in [0.29, 0.717) is 23.5 Å². The quantitative estimate of drug-likeness (QED) is 0.927. The van der Waals surface area contributed by atoms with Crippen LogP contribution in [0.25, 0.3) is 11.4 Å².